The van der Waals surface area contributed by atoms with Gasteiger partial charge in [-0.3, -0.25) is 4.79 Å². The molecule has 1 aliphatic rings. The van der Waals surface area contributed by atoms with Gasteiger partial charge >= 0.3 is 5.97 Å². The molecule has 1 amide bonds. The Bertz CT molecular complexity index is 791. The van der Waals surface area contributed by atoms with Gasteiger partial charge in [-0.1, -0.05) is 44.2 Å². The Balaban J connectivity index is 1.95. The van der Waals surface area contributed by atoms with Gasteiger partial charge in [-0.15, -0.1) is 0 Å². The molecule has 0 spiro atoms. The number of benzene rings is 2. The van der Waals surface area contributed by atoms with E-state index in [2.05, 4.69) is 0 Å². The summed E-state index contributed by atoms with van der Waals surface area (Å²) in [4.78, 5) is 25.8. The number of hydrogen-bond donors (Lipinski definition) is 1. The molecule has 1 fully saturated rings. The van der Waals surface area contributed by atoms with E-state index in [1.165, 1.54) is 17.0 Å². The SMILES string of the molecule is CC(C)C(C(=O)O)N1C(=O)C(Oc2ccccc2)C1c1ccc(F)cc1. The average Bonchev–Trinajstić information content (AvgIpc) is 2.61. The zero-order valence-electron chi connectivity index (χ0n) is 14.5. The smallest absolute Gasteiger partial charge is 0.326 e. The molecule has 1 heterocycles. The van der Waals surface area contributed by atoms with Gasteiger partial charge in [0.25, 0.3) is 5.91 Å². The minimum atomic E-state index is -1.07. The Morgan fingerprint density at radius 2 is 1.73 bits per heavy atom. The third-order valence-corrected chi connectivity index (χ3v) is 4.49. The van der Waals surface area contributed by atoms with Crippen LogP contribution in [0.2, 0.25) is 0 Å². The van der Waals surface area contributed by atoms with Gasteiger partial charge in [0.05, 0.1) is 0 Å². The summed E-state index contributed by atoms with van der Waals surface area (Å²) < 4.78 is 19.1. The summed E-state index contributed by atoms with van der Waals surface area (Å²) in [6.45, 7) is 3.50. The van der Waals surface area contributed by atoms with Crippen LogP contribution in [0.1, 0.15) is 25.5 Å². The predicted octanol–water partition coefficient (Wildman–Crippen LogP) is 3.27. The number of para-hydroxylation sites is 1. The molecule has 26 heavy (non-hydrogen) atoms. The summed E-state index contributed by atoms with van der Waals surface area (Å²) in [5, 5.41) is 9.59. The van der Waals surface area contributed by atoms with Crippen molar-refractivity contribution >= 4 is 11.9 Å². The van der Waals surface area contributed by atoms with Crippen LogP contribution in [-0.2, 0) is 9.59 Å². The number of likely N-dealkylation sites (tertiary alicyclic amines) is 1. The van der Waals surface area contributed by atoms with Crippen LogP contribution in [0.4, 0.5) is 4.39 Å². The number of amides is 1. The van der Waals surface area contributed by atoms with E-state index < -0.39 is 30.0 Å². The largest absolute Gasteiger partial charge is 0.480 e. The fraction of sp³-hybridized carbons (Fsp3) is 0.300. The maximum Gasteiger partial charge on any atom is 0.326 e. The zero-order chi connectivity index (χ0) is 18.8. The van der Waals surface area contributed by atoms with Gasteiger partial charge in [-0.2, -0.15) is 0 Å². The van der Waals surface area contributed by atoms with Crippen molar-refractivity contribution in [3.05, 3.63) is 66.0 Å². The molecular formula is C20H20FNO4. The molecule has 0 aromatic heterocycles. The Morgan fingerprint density at radius 3 is 2.27 bits per heavy atom. The summed E-state index contributed by atoms with van der Waals surface area (Å²) in [5.74, 6) is -1.61. The second-order valence-corrected chi connectivity index (χ2v) is 6.62. The van der Waals surface area contributed by atoms with Crippen LogP contribution in [0.25, 0.3) is 0 Å². The first-order chi connectivity index (χ1) is 12.4. The maximum absolute atomic E-state index is 13.3. The van der Waals surface area contributed by atoms with Gasteiger partial charge in [0.15, 0.2) is 0 Å². The number of carboxylic acids is 1. The van der Waals surface area contributed by atoms with Crippen LogP contribution in [0.15, 0.2) is 54.6 Å². The first-order valence-electron chi connectivity index (χ1n) is 8.42. The van der Waals surface area contributed by atoms with Gasteiger partial charge in [0.2, 0.25) is 6.10 Å². The number of rotatable bonds is 6. The van der Waals surface area contributed by atoms with E-state index in [9.17, 15) is 19.1 Å². The minimum Gasteiger partial charge on any atom is -0.480 e. The Hall–Kier alpha value is -2.89. The predicted molar refractivity (Wildman–Crippen MR) is 93.1 cm³/mol. The number of ether oxygens (including phenoxy) is 1. The molecule has 2 aromatic rings. The van der Waals surface area contributed by atoms with Crippen LogP contribution in [0.5, 0.6) is 5.75 Å². The number of halogens is 1. The van der Waals surface area contributed by atoms with Crippen LogP contribution in [0, 0.1) is 11.7 Å². The normalized spacial score (nSPS) is 20.6. The van der Waals surface area contributed by atoms with Crippen molar-refractivity contribution in [2.75, 3.05) is 0 Å². The van der Waals surface area contributed by atoms with Crippen molar-refractivity contribution in [1.29, 1.82) is 0 Å². The molecule has 136 valence electrons. The Kier molecular flexibility index (Phi) is 4.93. The molecule has 0 radical (unpaired) electrons. The van der Waals surface area contributed by atoms with E-state index >= 15 is 0 Å². The van der Waals surface area contributed by atoms with Gasteiger partial charge < -0.3 is 14.7 Å². The first kappa shape index (κ1) is 17.9. The highest BCUT2D eigenvalue weighted by Gasteiger charge is 2.55. The Morgan fingerprint density at radius 1 is 1.12 bits per heavy atom. The summed E-state index contributed by atoms with van der Waals surface area (Å²) in [7, 11) is 0. The van der Waals surface area contributed by atoms with Crippen molar-refractivity contribution in [1.82, 2.24) is 4.90 Å². The molecule has 0 saturated carbocycles. The number of carbonyl (C=O) groups is 2. The fourth-order valence-electron chi connectivity index (χ4n) is 3.27. The molecule has 0 bridgehead atoms. The van der Waals surface area contributed by atoms with E-state index in [1.807, 2.05) is 6.07 Å². The number of carboxylic acid groups (broad SMARTS) is 1. The van der Waals surface area contributed by atoms with E-state index in [0.29, 0.717) is 11.3 Å². The number of aliphatic carboxylic acids is 1. The van der Waals surface area contributed by atoms with E-state index in [0.717, 1.165) is 0 Å². The number of carbonyl (C=O) groups excluding carboxylic acids is 1. The summed E-state index contributed by atoms with van der Waals surface area (Å²) in [6, 6.07) is 13.0. The lowest BCUT2D eigenvalue weighted by atomic mass is 9.86. The molecule has 6 heteroatoms. The van der Waals surface area contributed by atoms with Gasteiger partial charge in [-0.25, -0.2) is 9.18 Å². The van der Waals surface area contributed by atoms with Gasteiger partial charge in [0, 0.05) is 0 Å². The molecule has 2 aromatic carbocycles. The third-order valence-electron chi connectivity index (χ3n) is 4.49. The fourth-order valence-corrected chi connectivity index (χ4v) is 3.27. The molecule has 3 rings (SSSR count). The summed E-state index contributed by atoms with van der Waals surface area (Å²) >= 11 is 0. The average molecular weight is 357 g/mol. The molecule has 0 aliphatic carbocycles. The lowest BCUT2D eigenvalue weighted by molar-refractivity contribution is -0.179. The first-order valence-corrected chi connectivity index (χ1v) is 8.42. The second-order valence-electron chi connectivity index (χ2n) is 6.62. The van der Waals surface area contributed by atoms with Crippen molar-refractivity contribution in [2.45, 2.75) is 32.0 Å². The van der Waals surface area contributed by atoms with E-state index in [1.54, 1.807) is 50.2 Å². The Labute approximate surface area is 151 Å². The summed E-state index contributed by atoms with van der Waals surface area (Å²) in [6.07, 6.45) is -0.844. The monoisotopic (exact) mass is 357 g/mol. The molecule has 1 aliphatic heterocycles. The van der Waals surface area contributed by atoms with Crippen molar-refractivity contribution in [3.8, 4) is 5.75 Å². The standard InChI is InChI=1S/C20H20FNO4/c1-12(2)16(20(24)25)22-17(13-8-10-14(21)11-9-13)18(19(22)23)26-15-6-4-3-5-7-15/h3-12,16-18H,1-2H3,(H,24,25). The topological polar surface area (TPSA) is 66.8 Å². The highest BCUT2D eigenvalue weighted by Crippen LogP contribution is 2.40. The molecular weight excluding hydrogens is 337 g/mol. The number of β-lactam (4-membered cyclic amide) rings is 1. The van der Waals surface area contributed by atoms with Crippen LogP contribution >= 0.6 is 0 Å². The van der Waals surface area contributed by atoms with Crippen molar-refractivity contribution in [3.63, 3.8) is 0 Å². The van der Waals surface area contributed by atoms with Gasteiger partial charge in [0.1, 0.15) is 23.7 Å². The highest BCUT2D eigenvalue weighted by atomic mass is 19.1. The number of hydrogen-bond acceptors (Lipinski definition) is 3. The molecule has 5 nitrogen and oxygen atoms in total. The van der Waals surface area contributed by atoms with E-state index in [4.69, 9.17) is 4.74 Å². The molecule has 1 N–H and O–H groups in total. The summed E-state index contributed by atoms with van der Waals surface area (Å²) in [5.41, 5.74) is 0.638. The van der Waals surface area contributed by atoms with E-state index in [-0.39, 0.29) is 11.8 Å². The third kappa shape index (κ3) is 3.27. The molecule has 1 saturated heterocycles. The lowest BCUT2D eigenvalue weighted by Gasteiger charge is -2.50. The number of nitrogens with zero attached hydrogens (tertiary/aromatic N) is 1. The van der Waals surface area contributed by atoms with Crippen LogP contribution in [-0.4, -0.2) is 34.0 Å². The lowest BCUT2D eigenvalue weighted by Crippen LogP contribution is -2.67. The van der Waals surface area contributed by atoms with Crippen molar-refractivity contribution < 1.29 is 23.8 Å². The quantitative estimate of drug-likeness (QED) is 0.806. The zero-order valence-corrected chi connectivity index (χ0v) is 14.5. The molecule has 3 atom stereocenters. The second kappa shape index (κ2) is 7.15. The van der Waals surface area contributed by atoms with Crippen LogP contribution < -0.4 is 4.74 Å². The highest BCUT2D eigenvalue weighted by molar-refractivity contribution is 5.93. The minimum absolute atomic E-state index is 0.280. The maximum atomic E-state index is 13.3. The van der Waals surface area contributed by atoms with Gasteiger partial charge in [-0.05, 0) is 35.7 Å². The van der Waals surface area contributed by atoms with Crippen molar-refractivity contribution in [2.24, 2.45) is 5.92 Å². The van der Waals surface area contributed by atoms with Crippen LogP contribution in [0.3, 0.4) is 0 Å². The molecule has 3 unspecified atom stereocenters.